The fourth-order valence-corrected chi connectivity index (χ4v) is 2.78. The molecule has 8 nitrogen and oxygen atoms in total. The summed E-state index contributed by atoms with van der Waals surface area (Å²) in [7, 11) is 1.49. The van der Waals surface area contributed by atoms with E-state index >= 15 is 0 Å². The predicted octanol–water partition coefficient (Wildman–Crippen LogP) is 2.13. The number of hydrogen-bond acceptors (Lipinski definition) is 7. The first-order valence-electron chi connectivity index (χ1n) is 7.86. The van der Waals surface area contributed by atoms with E-state index in [-0.39, 0.29) is 28.9 Å². The number of pyridine rings is 1. The molecule has 2 rings (SSSR count). The van der Waals surface area contributed by atoms with Crippen LogP contribution in [0.25, 0.3) is 0 Å². The maximum absolute atomic E-state index is 13.8. The van der Waals surface area contributed by atoms with E-state index in [9.17, 15) is 19.1 Å². The smallest absolute Gasteiger partial charge is 0.270 e. The van der Waals surface area contributed by atoms with E-state index < -0.39 is 17.7 Å². The Hall–Kier alpha value is -2.30. The lowest BCUT2D eigenvalue weighted by atomic mass is 10.0. The second-order valence-electron chi connectivity index (χ2n) is 6.13. The largest absolute Gasteiger partial charge is 0.387 e. The zero-order valence-corrected chi connectivity index (χ0v) is 16.4. The van der Waals surface area contributed by atoms with Gasteiger partial charge in [0, 0.05) is 18.6 Å². The highest BCUT2D eigenvalue weighted by molar-refractivity contribution is 7.14. The van der Waals surface area contributed by atoms with Gasteiger partial charge in [-0.2, -0.15) is 0 Å². The number of anilines is 2. The van der Waals surface area contributed by atoms with Gasteiger partial charge in [0.25, 0.3) is 11.8 Å². The molecule has 146 valence electrons. The summed E-state index contributed by atoms with van der Waals surface area (Å²) in [6.07, 6.45) is -0.405. The summed E-state index contributed by atoms with van der Waals surface area (Å²) in [6.45, 7) is 2.25. The van der Waals surface area contributed by atoms with Gasteiger partial charge in [-0.05, 0) is 19.9 Å². The number of nitrogens with one attached hydrogen (secondary N) is 3. The second-order valence-corrected chi connectivity index (χ2v) is 7.37. The summed E-state index contributed by atoms with van der Waals surface area (Å²) >= 11 is 7.06. The fraction of sp³-hybridized carbons (Fsp3) is 0.375. The van der Waals surface area contributed by atoms with Crippen LogP contribution in [0.15, 0.2) is 17.6 Å². The Kier molecular flexibility index (Phi) is 6.68. The topological polar surface area (TPSA) is 116 Å². The summed E-state index contributed by atoms with van der Waals surface area (Å²) in [5, 5.41) is 19.5. The molecule has 1 atom stereocenters. The molecular weight excluding hydrogens is 397 g/mol. The van der Waals surface area contributed by atoms with Crippen molar-refractivity contribution in [3.05, 3.63) is 34.1 Å². The van der Waals surface area contributed by atoms with Gasteiger partial charge < -0.3 is 21.1 Å². The Morgan fingerprint density at radius 1 is 1.41 bits per heavy atom. The van der Waals surface area contributed by atoms with Crippen molar-refractivity contribution in [1.82, 2.24) is 20.6 Å². The highest BCUT2D eigenvalue weighted by Gasteiger charge is 2.27. The van der Waals surface area contributed by atoms with Crippen molar-refractivity contribution < 1.29 is 19.1 Å². The molecule has 0 aliphatic heterocycles. The van der Waals surface area contributed by atoms with Crippen LogP contribution in [0, 0.1) is 0 Å². The summed E-state index contributed by atoms with van der Waals surface area (Å²) in [6, 6.07) is 1.42. The minimum atomic E-state index is -1.65. The molecule has 4 N–H and O–H groups in total. The molecule has 0 spiro atoms. The highest BCUT2D eigenvalue weighted by Crippen LogP contribution is 2.25. The Balaban J connectivity index is 2.18. The van der Waals surface area contributed by atoms with Crippen LogP contribution < -0.4 is 16.0 Å². The Bertz CT molecular complexity index is 840. The molecule has 0 radical (unpaired) electrons. The van der Waals surface area contributed by atoms with Crippen LogP contribution in [0.5, 0.6) is 0 Å². The first-order valence-corrected chi connectivity index (χ1v) is 9.12. The van der Waals surface area contributed by atoms with Gasteiger partial charge in [-0.3, -0.25) is 9.59 Å². The molecule has 2 aromatic heterocycles. The van der Waals surface area contributed by atoms with E-state index in [0.29, 0.717) is 10.8 Å². The van der Waals surface area contributed by atoms with E-state index in [2.05, 4.69) is 25.9 Å². The van der Waals surface area contributed by atoms with Gasteiger partial charge in [-0.1, -0.05) is 11.6 Å². The number of carbonyl (C=O) groups is 2. The quantitative estimate of drug-likeness (QED) is 0.515. The second kappa shape index (κ2) is 8.59. The average molecular weight is 416 g/mol. The van der Waals surface area contributed by atoms with Crippen LogP contribution in [0.2, 0.25) is 5.15 Å². The van der Waals surface area contributed by atoms with E-state index in [1.165, 1.54) is 33.2 Å². The standard InChI is InChI=1S/C16H19ClFN5O3S/c1-16(2,26)11(18)6-21-13(24)8-5-20-12(17)4-9(8)22-15-23-10(7-27-15)14(25)19-3/h4-5,7,11,26H,6H2,1-3H3,(H,19,25)(H,21,24)(H,20,22,23). The van der Waals surface area contributed by atoms with Gasteiger partial charge in [-0.15, -0.1) is 11.3 Å². The number of carbonyl (C=O) groups excluding carboxylic acids is 2. The van der Waals surface area contributed by atoms with Crippen LogP contribution >= 0.6 is 22.9 Å². The van der Waals surface area contributed by atoms with Crippen molar-refractivity contribution in [1.29, 1.82) is 0 Å². The molecule has 0 saturated heterocycles. The van der Waals surface area contributed by atoms with Crippen LogP contribution in [0.1, 0.15) is 34.7 Å². The molecule has 0 aromatic carbocycles. The lowest BCUT2D eigenvalue weighted by Gasteiger charge is -2.22. The molecule has 11 heteroatoms. The highest BCUT2D eigenvalue weighted by atomic mass is 35.5. The van der Waals surface area contributed by atoms with Crippen LogP contribution in [0.4, 0.5) is 15.2 Å². The van der Waals surface area contributed by atoms with Crippen LogP contribution in [0.3, 0.4) is 0 Å². The minimum Gasteiger partial charge on any atom is -0.387 e. The van der Waals surface area contributed by atoms with Crippen molar-refractivity contribution in [2.75, 3.05) is 18.9 Å². The maximum atomic E-state index is 13.8. The maximum Gasteiger partial charge on any atom is 0.270 e. The monoisotopic (exact) mass is 415 g/mol. The number of alkyl halides is 1. The van der Waals surface area contributed by atoms with E-state index in [0.717, 1.165) is 11.3 Å². The molecule has 2 amide bonds. The number of nitrogens with zero attached hydrogens (tertiary/aromatic N) is 2. The van der Waals surface area contributed by atoms with Crippen molar-refractivity contribution in [3.63, 3.8) is 0 Å². The van der Waals surface area contributed by atoms with Gasteiger partial charge >= 0.3 is 0 Å². The van der Waals surface area contributed by atoms with Gasteiger partial charge in [0.05, 0.1) is 23.4 Å². The Morgan fingerprint density at radius 3 is 2.74 bits per heavy atom. The molecule has 0 fully saturated rings. The molecule has 2 heterocycles. The van der Waals surface area contributed by atoms with Crippen molar-refractivity contribution >= 4 is 45.6 Å². The number of rotatable bonds is 7. The number of amides is 2. The van der Waals surface area contributed by atoms with Gasteiger partial charge in [0.1, 0.15) is 17.0 Å². The average Bonchev–Trinajstić information content (AvgIpc) is 3.06. The van der Waals surface area contributed by atoms with Crippen LogP contribution in [-0.4, -0.2) is 52.3 Å². The third kappa shape index (κ3) is 5.59. The van der Waals surface area contributed by atoms with Crippen molar-refractivity contribution in [3.8, 4) is 0 Å². The molecule has 0 aliphatic rings. The summed E-state index contributed by atoms with van der Waals surface area (Å²) < 4.78 is 13.8. The summed E-state index contributed by atoms with van der Waals surface area (Å²) in [4.78, 5) is 32.0. The number of thiazole rings is 1. The first kappa shape index (κ1) is 21.0. The van der Waals surface area contributed by atoms with Gasteiger partial charge in [-0.25, -0.2) is 14.4 Å². The lowest BCUT2D eigenvalue weighted by Crippen LogP contribution is -2.42. The molecular formula is C16H19ClFN5O3S. The molecule has 0 saturated carbocycles. The summed E-state index contributed by atoms with van der Waals surface area (Å²) in [5.41, 5.74) is -0.950. The predicted molar refractivity (Wildman–Crippen MR) is 102 cm³/mol. The van der Waals surface area contributed by atoms with Crippen molar-refractivity contribution in [2.24, 2.45) is 0 Å². The van der Waals surface area contributed by atoms with Crippen molar-refractivity contribution in [2.45, 2.75) is 25.6 Å². The van der Waals surface area contributed by atoms with Gasteiger partial charge in [0.15, 0.2) is 5.13 Å². The zero-order valence-electron chi connectivity index (χ0n) is 14.8. The van der Waals surface area contributed by atoms with E-state index in [1.54, 1.807) is 5.38 Å². The minimum absolute atomic E-state index is 0.110. The molecule has 2 aromatic rings. The Morgan fingerprint density at radius 2 is 2.11 bits per heavy atom. The molecule has 27 heavy (non-hydrogen) atoms. The normalized spacial score (nSPS) is 12.4. The number of aliphatic hydroxyl groups is 1. The Labute approximate surface area is 164 Å². The van der Waals surface area contributed by atoms with E-state index in [4.69, 9.17) is 11.6 Å². The molecule has 0 aliphatic carbocycles. The molecule has 0 bridgehead atoms. The number of hydrogen-bond donors (Lipinski definition) is 4. The number of aromatic nitrogens is 2. The fourth-order valence-electron chi connectivity index (χ4n) is 1.92. The first-order chi connectivity index (χ1) is 12.6. The zero-order chi connectivity index (χ0) is 20.2. The SMILES string of the molecule is CNC(=O)c1csc(Nc2cc(Cl)ncc2C(=O)NCC(F)C(C)(C)O)n1. The van der Waals surface area contributed by atoms with Crippen LogP contribution in [-0.2, 0) is 0 Å². The molecule has 1 unspecified atom stereocenters. The lowest BCUT2D eigenvalue weighted by molar-refractivity contribution is -0.00177. The number of halogens is 2. The van der Waals surface area contributed by atoms with E-state index in [1.807, 2.05) is 0 Å². The summed E-state index contributed by atoms with van der Waals surface area (Å²) in [5.74, 6) is -0.942. The third-order valence-electron chi connectivity index (χ3n) is 3.53. The van der Waals surface area contributed by atoms with Gasteiger partial charge in [0.2, 0.25) is 0 Å². The third-order valence-corrected chi connectivity index (χ3v) is 4.49.